The molecule has 1 atom stereocenters. The molecule has 4 rings (SSSR count). The predicted octanol–water partition coefficient (Wildman–Crippen LogP) is 4.30. The van der Waals surface area contributed by atoms with Gasteiger partial charge in [-0.15, -0.1) is 0 Å². The van der Waals surface area contributed by atoms with Gasteiger partial charge in [-0.3, -0.25) is 4.79 Å². The van der Waals surface area contributed by atoms with E-state index in [0.717, 1.165) is 6.07 Å². The number of rotatable bonds is 3. The van der Waals surface area contributed by atoms with E-state index in [9.17, 15) is 6.17 Å². The van der Waals surface area contributed by atoms with Gasteiger partial charge >= 0.3 is 0 Å². The summed E-state index contributed by atoms with van der Waals surface area (Å²) in [5.41, 5.74) is -2.24. The van der Waals surface area contributed by atoms with Gasteiger partial charge in [-0.1, -0.05) is 41.9 Å². The van der Waals surface area contributed by atoms with Crippen molar-refractivity contribution in [3.8, 4) is 0 Å². The van der Waals surface area contributed by atoms with Crippen molar-refractivity contribution in [1.29, 1.82) is 0 Å². The Morgan fingerprint density at radius 2 is 2.00 bits per heavy atom. The molecule has 4 nitrogen and oxygen atoms in total. The van der Waals surface area contributed by atoms with Crippen LogP contribution in [0.5, 0.6) is 0 Å². The largest absolute Gasteiger partial charge is 0.306 e. The molecule has 0 aliphatic carbocycles. The van der Waals surface area contributed by atoms with Crippen LogP contribution >= 0.6 is 11.6 Å². The number of hydrogen-bond acceptors (Lipinski definition) is 3. The number of hydrogen-bond donors (Lipinski definition) is 0. The van der Waals surface area contributed by atoms with E-state index in [1.807, 2.05) is 0 Å². The zero-order valence-electron chi connectivity index (χ0n) is 29.7. The van der Waals surface area contributed by atoms with Gasteiger partial charge in [-0.05, 0) is 62.9 Å². The highest BCUT2D eigenvalue weighted by Gasteiger charge is 2.21. The topological polar surface area (TPSA) is 38.1 Å². The minimum absolute atomic E-state index is 0.0961. The van der Waals surface area contributed by atoms with E-state index >= 15 is 0 Å². The Kier molecular flexibility index (Phi) is 2.13. The summed E-state index contributed by atoms with van der Waals surface area (Å²) in [5.74, 6) is 0. The van der Waals surface area contributed by atoms with Crippen LogP contribution in [0.25, 0.3) is 10.8 Å². The average Bonchev–Trinajstić information content (AvgIpc) is 2.87. The fraction of sp³-hybridized carbons (Fsp3) is 0.364. The van der Waals surface area contributed by atoms with Gasteiger partial charge in [0.05, 0.1) is 18.5 Å². The number of nitrogens with zero attached hydrogens (tertiary/aromatic N) is 3. The summed E-state index contributed by atoms with van der Waals surface area (Å²) in [6, 6.07) is 6.16. The normalized spacial score (nSPS) is 40.3. The first kappa shape index (κ1) is 7.34. The molecule has 1 aliphatic rings. The van der Waals surface area contributed by atoms with Crippen LogP contribution in [-0.2, 0) is 6.37 Å². The molecule has 140 valence electrons. The fourth-order valence-corrected chi connectivity index (χ4v) is 2.65. The lowest BCUT2D eigenvalue weighted by molar-refractivity contribution is 0.334. The second-order valence-electron chi connectivity index (χ2n) is 5.53. The average molecular weight is 398 g/mol. The van der Waals surface area contributed by atoms with Crippen LogP contribution in [-0.4, -0.2) is 34.6 Å². The van der Waals surface area contributed by atoms with Crippen molar-refractivity contribution in [2.24, 2.45) is 0 Å². The van der Waals surface area contributed by atoms with Crippen molar-refractivity contribution in [1.82, 2.24) is 14.7 Å². The molecule has 2 aromatic carbocycles. The summed E-state index contributed by atoms with van der Waals surface area (Å²) in [6.45, 7) is -12.3. The fourth-order valence-electron chi connectivity index (χ4n) is 2.52. The minimum atomic E-state index is -4.27. The second-order valence-corrected chi connectivity index (χ2v) is 5.96. The van der Waals surface area contributed by atoms with Crippen molar-refractivity contribution in [3.63, 3.8) is 0 Å². The number of likely N-dealkylation sites (tertiary alicyclic amines) is 1. The van der Waals surface area contributed by atoms with Crippen LogP contribution in [0.15, 0.2) is 53.3 Å². The summed E-state index contributed by atoms with van der Waals surface area (Å²) >= 11 is 5.93. The van der Waals surface area contributed by atoms with E-state index in [1.54, 1.807) is 0 Å². The monoisotopic (exact) mass is 397 g/mol. The van der Waals surface area contributed by atoms with Gasteiger partial charge in [0.2, 0.25) is 0 Å². The lowest BCUT2D eigenvalue weighted by atomic mass is 10.0. The maximum atomic E-state index is 13.9. The quantitative estimate of drug-likeness (QED) is 0.661. The Morgan fingerprint density at radius 1 is 1.22 bits per heavy atom. The van der Waals surface area contributed by atoms with Gasteiger partial charge in [0.1, 0.15) is 0 Å². The maximum absolute atomic E-state index is 13.9. The molecule has 1 aromatic heterocycles. The third-order valence-corrected chi connectivity index (χ3v) is 4.01. The summed E-state index contributed by atoms with van der Waals surface area (Å²) in [4.78, 5) is 13.1. The Labute approximate surface area is 186 Å². The summed E-state index contributed by atoms with van der Waals surface area (Å²) in [6.07, 6.45) is -15.4. The molecular formula is C22H24ClN3O. The third-order valence-electron chi connectivity index (χ3n) is 3.76. The zero-order chi connectivity index (χ0) is 33.0. The number of fused-ring (bicyclic) bond motifs is 1. The molecule has 1 saturated heterocycles. The summed E-state index contributed by atoms with van der Waals surface area (Å²) in [7, 11) is 0. The summed E-state index contributed by atoms with van der Waals surface area (Å²) < 4.78 is 135. The molecule has 1 unspecified atom stereocenters. The highest BCUT2D eigenvalue weighted by molar-refractivity contribution is 6.30. The standard InChI is InChI=1S/C22H24ClN3O/c1-25-13-4-5-18(12-14-25)26-22(27)20-7-3-2-6-19(20)21(24-26)15-16-8-10-17(23)11-9-16/h2-3,6-11,18H,4-5,12-15H2,1H3/i1D3,4D2,5D2,12D2,13D2,14D2,15D2,18D. The van der Waals surface area contributed by atoms with Gasteiger partial charge < -0.3 is 4.90 Å². The molecule has 0 spiro atoms. The summed E-state index contributed by atoms with van der Waals surface area (Å²) in [5, 5.41) is 3.52. The number of aromatic nitrogens is 2. The van der Waals surface area contributed by atoms with Crippen LogP contribution in [0.1, 0.15) is 58.3 Å². The SMILES string of the molecule is [2H]C([2H])(c1ccc(Cl)cc1)c1nn(C2([2H])C([2H])([2H])C([2H])([2H])N(C([2H])([2H])[2H])C([2H])([2H])C([2H])([2H])C2([2H])[2H])c(=O)c2ccccc12. The van der Waals surface area contributed by atoms with Crippen molar-refractivity contribution in [2.45, 2.75) is 31.5 Å². The molecule has 0 amide bonds. The van der Waals surface area contributed by atoms with E-state index in [2.05, 4.69) is 5.10 Å². The first-order valence-corrected chi connectivity index (χ1v) is 8.21. The molecule has 1 fully saturated rings. The second kappa shape index (κ2) is 7.83. The van der Waals surface area contributed by atoms with Crippen molar-refractivity contribution in [2.75, 3.05) is 20.0 Å². The lowest BCUT2D eigenvalue weighted by Gasteiger charge is -2.19. The zero-order valence-corrected chi connectivity index (χ0v) is 14.5. The van der Waals surface area contributed by atoms with Crippen molar-refractivity contribution >= 4 is 22.4 Å². The van der Waals surface area contributed by atoms with Crippen LogP contribution in [0.2, 0.25) is 5.02 Å². The van der Waals surface area contributed by atoms with Gasteiger partial charge in [0.15, 0.2) is 0 Å². The Bertz CT molecular complexity index is 1640. The Morgan fingerprint density at radius 3 is 2.78 bits per heavy atom. The van der Waals surface area contributed by atoms with E-state index in [-0.39, 0.29) is 20.7 Å². The molecule has 0 saturated carbocycles. The molecule has 1 aliphatic heterocycles. The first-order valence-electron chi connectivity index (χ1n) is 15.8. The van der Waals surface area contributed by atoms with Gasteiger partial charge in [-0.25, -0.2) is 4.68 Å². The van der Waals surface area contributed by atoms with Crippen LogP contribution in [0.3, 0.4) is 0 Å². The third kappa shape index (κ3) is 3.92. The highest BCUT2D eigenvalue weighted by atomic mass is 35.5. The molecule has 0 N–H and O–H groups in total. The molecular weight excluding hydrogens is 358 g/mol. The van der Waals surface area contributed by atoms with E-state index in [4.69, 9.17) is 32.2 Å². The van der Waals surface area contributed by atoms with Crippen molar-refractivity contribution < 1.29 is 21.9 Å². The maximum Gasteiger partial charge on any atom is 0.274 e. The predicted molar refractivity (Wildman–Crippen MR) is 111 cm³/mol. The number of halogens is 1. The lowest BCUT2D eigenvalue weighted by Crippen LogP contribution is -2.29. The smallest absolute Gasteiger partial charge is 0.274 e. The van der Waals surface area contributed by atoms with Gasteiger partial charge in [0, 0.05) is 37.3 Å². The highest BCUT2D eigenvalue weighted by Crippen LogP contribution is 2.23. The van der Waals surface area contributed by atoms with Crippen LogP contribution in [0, 0.1) is 0 Å². The first-order chi connectivity index (χ1) is 19.2. The van der Waals surface area contributed by atoms with Crippen LogP contribution < -0.4 is 5.56 Å². The van der Waals surface area contributed by atoms with Gasteiger partial charge in [0.25, 0.3) is 5.56 Å². The number of benzene rings is 2. The molecule has 0 radical (unpaired) electrons. The van der Waals surface area contributed by atoms with Gasteiger partial charge in [-0.2, -0.15) is 5.10 Å². The molecule has 3 aromatic rings. The molecule has 0 bridgehead atoms. The van der Waals surface area contributed by atoms with Crippen molar-refractivity contribution in [3.05, 3.63) is 75.2 Å². The van der Waals surface area contributed by atoms with Crippen LogP contribution in [0.4, 0.5) is 0 Å². The van der Waals surface area contributed by atoms with E-state index in [0.29, 0.717) is 0 Å². The molecule has 5 heteroatoms. The van der Waals surface area contributed by atoms with E-state index < -0.39 is 73.0 Å². The Hall–Kier alpha value is -2.17. The molecule has 27 heavy (non-hydrogen) atoms. The minimum Gasteiger partial charge on any atom is -0.306 e. The van der Waals surface area contributed by atoms with E-state index in [1.165, 1.54) is 42.5 Å². The Balaban J connectivity index is 2.23. The molecule has 2 heterocycles.